The molecular formula is C18H23N3O5. The molecule has 3 N–H and O–H groups in total. The maximum absolute atomic E-state index is 12.0. The molecule has 1 saturated carbocycles. The van der Waals surface area contributed by atoms with Crippen LogP contribution in [0.15, 0.2) is 24.3 Å². The zero-order valence-corrected chi connectivity index (χ0v) is 14.7. The zero-order chi connectivity index (χ0) is 18.6. The molecule has 1 spiro atoms. The fraction of sp³-hybridized carbons (Fsp3) is 0.500. The van der Waals surface area contributed by atoms with E-state index in [1.54, 1.807) is 24.3 Å². The van der Waals surface area contributed by atoms with Crippen LogP contribution in [0.2, 0.25) is 0 Å². The van der Waals surface area contributed by atoms with Crippen molar-refractivity contribution in [2.24, 2.45) is 0 Å². The molecule has 0 aromatic heterocycles. The molecule has 1 atom stereocenters. The van der Waals surface area contributed by atoms with E-state index in [1.165, 1.54) is 6.92 Å². The van der Waals surface area contributed by atoms with Gasteiger partial charge >= 0.3 is 11.8 Å². The number of nitrogens with one attached hydrogen (secondary N) is 3. The van der Waals surface area contributed by atoms with E-state index in [2.05, 4.69) is 16.0 Å². The lowest BCUT2D eigenvalue weighted by molar-refractivity contribution is -0.161. The molecule has 26 heavy (non-hydrogen) atoms. The third-order valence-electron chi connectivity index (χ3n) is 4.42. The highest BCUT2D eigenvalue weighted by Crippen LogP contribution is 2.38. The largest absolute Gasteiger partial charge is 0.347 e. The lowest BCUT2D eigenvalue weighted by Gasteiger charge is -2.21. The van der Waals surface area contributed by atoms with Crippen molar-refractivity contribution < 1.29 is 23.9 Å². The summed E-state index contributed by atoms with van der Waals surface area (Å²) in [6.45, 7) is 2.03. The van der Waals surface area contributed by atoms with Gasteiger partial charge in [0.1, 0.15) is 6.10 Å². The lowest BCUT2D eigenvalue weighted by atomic mass is 10.2. The van der Waals surface area contributed by atoms with Crippen LogP contribution >= 0.6 is 0 Å². The van der Waals surface area contributed by atoms with Crippen molar-refractivity contribution in [3.05, 3.63) is 24.3 Å². The Morgan fingerprint density at radius 2 is 1.81 bits per heavy atom. The third kappa shape index (κ3) is 4.59. The number of rotatable bonds is 4. The standard InChI is InChI=1S/C18H23N3O5/c1-12(22)20-13-5-4-6-14(9-13)21-17(24)16(23)19-10-15-11-25-18(26-15)7-2-3-8-18/h4-6,9,15H,2-3,7-8,10-11H2,1H3,(H,19,23)(H,20,22)(H,21,24). The number of carbonyl (C=O) groups is 3. The average Bonchev–Trinajstić information content (AvgIpc) is 3.22. The molecular weight excluding hydrogens is 338 g/mol. The predicted octanol–water partition coefficient (Wildman–Crippen LogP) is 1.39. The van der Waals surface area contributed by atoms with Crippen molar-refractivity contribution >= 4 is 29.1 Å². The average molecular weight is 361 g/mol. The van der Waals surface area contributed by atoms with E-state index in [4.69, 9.17) is 9.47 Å². The first-order valence-corrected chi connectivity index (χ1v) is 8.74. The molecule has 3 amide bonds. The molecule has 8 heteroatoms. The summed E-state index contributed by atoms with van der Waals surface area (Å²) >= 11 is 0. The Morgan fingerprint density at radius 3 is 2.50 bits per heavy atom. The molecule has 3 rings (SSSR count). The zero-order valence-electron chi connectivity index (χ0n) is 14.7. The molecule has 1 saturated heterocycles. The molecule has 1 aliphatic heterocycles. The smallest absolute Gasteiger partial charge is 0.313 e. The van der Waals surface area contributed by atoms with E-state index < -0.39 is 17.6 Å². The first-order chi connectivity index (χ1) is 12.5. The van der Waals surface area contributed by atoms with Gasteiger partial charge in [0.15, 0.2) is 5.79 Å². The minimum Gasteiger partial charge on any atom is -0.347 e. The summed E-state index contributed by atoms with van der Waals surface area (Å²) in [4.78, 5) is 35.1. The molecule has 1 aromatic rings. The van der Waals surface area contributed by atoms with Crippen molar-refractivity contribution in [2.75, 3.05) is 23.8 Å². The van der Waals surface area contributed by atoms with Crippen LogP contribution in [0.1, 0.15) is 32.6 Å². The summed E-state index contributed by atoms with van der Waals surface area (Å²) in [6, 6.07) is 6.57. The van der Waals surface area contributed by atoms with Crippen LogP contribution in [0, 0.1) is 0 Å². The van der Waals surface area contributed by atoms with Crippen LogP contribution in [0.4, 0.5) is 11.4 Å². The number of benzene rings is 1. The van der Waals surface area contributed by atoms with Crippen LogP contribution in [0.25, 0.3) is 0 Å². The van der Waals surface area contributed by atoms with Crippen LogP contribution in [0.5, 0.6) is 0 Å². The highest BCUT2D eigenvalue weighted by atomic mass is 16.7. The quantitative estimate of drug-likeness (QED) is 0.703. The second-order valence-electron chi connectivity index (χ2n) is 6.59. The topological polar surface area (TPSA) is 106 Å². The van der Waals surface area contributed by atoms with Gasteiger partial charge in [-0.3, -0.25) is 14.4 Å². The van der Waals surface area contributed by atoms with Crippen LogP contribution in [0.3, 0.4) is 0 Å². The summed E-state index contributed by atoms with van der Waals surface area (Å²) in [5, 5.41) is 7.69. The highest BCUT2D eigenvalue weighted by molar-refractivity contribution is 6.39. The van der Waals surface area contributed by atoms with Crippen molar-refractivity contribution in [3.8, 4) is 0 Å². The van der Waals surface area contributed by atoms with Gasteiger partial charge in [-0.1, -0.05) is 6.07 Å². The lowest BCUT2D eigenvalue weighted by Crippen LogP contribution is -2.40. The molecule has 0 bridgehead atoms. The summed E-state index contributed by atoms with van der Waals surface area (Å²) in [5.41, 5.74) is 0.954. The molecule has 1 unspecified atom stereocenters. The summed E-state index contributed by atoms with van der Waals surface area (Å²) in [6.07, 6.45) is 3.68. The highest BCUT2D eigenvalue weighted by Gasteiger charge is 2.43. The van der Waals surface area contributed by atoms with Crippen molar-refractivity contribution in [1.29, 1.82) is 0 Å². The van der Waals surface area contributed by atoms with E-state index in [1.807, 2.05) is 0 Å². The summed E-state index contributed by atoms with van der Waals surface area (Å²) in [5.74, 6) is -2.22. The van der Waals surface area contributed by atoms with Gasteiger partial charge in [0.05, 0.1) is 6.61 Å². The van der Waals surface area contributed by atoms with Gasteiger partial charge in [-0.15, -0.1) is 0 Å². The molecule has 140 valence electrons. The number of amides is 3. The fourth-order valence-corrected chi connectivity index (χ4v) is 3.25. The Kier molecular flexibility index (Phi) is 5.53. The summed E-state index contributed by atoms with van der Waals surface area (Å²) < 4.78 is 11.6. The van der Waals surface area contributed by atoms with Gasteiger partial charge in [-0.05, 0) is 31.0 Å². The molecule has 2 fully saturated rings. The first kappa shape index (κ1) is 18.3. The van der Waals surface area contributed by atoms with Crippen molar-refractivity contribution in [1.82, 2.24) is 5.32 Å². The predicted molar refractivity (Wildman–Crippen MR) is 94.4 cm³/mol. The van der Waals surface area contributed by atoms with Gasteiger partial charge in [0.25, 0.3) is 0 Å². The number of hydrogen-bond donors (Lipinski definition) is 3. The second-order valence-corrected chi connectivity index (χ2v) is 6.59. The van der Waals surface area contributed by atoms with Crippen molar-refractivity contribution in [3.63, 3.8) is 0 Å². The number of ether oxygens (including phenoxy) is 2. The van der Waals surface area contributed by atoms with Gasteiger partial charge in [0.2, 0.25) is 5.91 Å². The van der Waals surface area contributed by atoms with E-state index in [9.17, 15) is 14.4 Å². The maximum Gasteiger partial charge on any atom is 0.313 e. The minimum atomic E-state index is -0.778. The van der Waals surface area contributed by atoms with Crippen LogP contribution in [-0.4, -0.2) is 42.8 Å². The molecule has 0 radical (unpaired) electrons. The first-order valence-electron chi connectivity index (χ1n) is 8.74. The van der Waals surface area contributed by atoms with Gasteiger partial charge in [-0.2, -0.15) is 0 Å². The van der Waals surface area contributed by atoms with Gasteiger partial charge in [0, 0.05) is 37.7 Å². The Labute approximate surface area is 151 Å². The Morgan fingerprint density at radius 1 is 1.12 bits per heavy atom. The van der Waals surface area contributed by atoms with E-state index in [-0.39, 0.29) is 18.6 Å². The van der Waals surface area contributed by atoms with E-state index in [0.29, 0.717) is 18.0 Å². The number of carbonyl (C=O) groups excluding carboxylic acids is 3. The fourth-order valence-electron chi connectivity index (χ4n) is 3.25. The third-order valence-corrected chi connectivity index (χ3v) is 4.42. The minimum absolute atomic E-state index is 0.218. The number of hydrogen-bond acceptors (Lipinski definition) is 5. The second kappa shape index (κ2) is 7.84. The van der Waals surface area contributed by atoms with Crippen LogP contribution < -0.4 is 16.0 Å². The Balaban J connectivity index is 1.46. The van der Waals surface area contributed by atoms with Crippen molar-refractivity contribution in [2.45, 2.75) is 44.5 Å². The summed E-state index contributed by atoms with van der Waals surface area (Å²) in [7, 11) is 0. The van der Waals surface area contributed by atoms with Gasteiger partial charge in [-0.25, -0.2) is 0 Å². The monoisotopic (exact) mass is 361 g/mol. The maximum atomic E-state index is 12.0. The van der Waals surface area contributed by atoms with Crippen LogP contribution in [-0.2, 0) is 23.9 Å². The number of anilines is 2. The Hall–Kier alpha value is -2.45. The molecule has 1 aromatic carbocycles. The molecule has 1 heterocycles. The van der Waals surface area contributed by atoms with E-state index >= 15 is 0 Å². The molecule has 8 nitrogen and oxygen atoms in total. The Bertz CT molecular complexity index is 700. The van der Waals surface area contributed by atoms with Gasteiger partial charge < -0.3 is 25.4 Å². The molecule has 1 aliphatic carbocycles. The molecule has 2 aliphatic rings. The SMILES string of the molecule is CC(=O)Nc1cccc(NC(=O)C(=O)NCC2COC3(CCCC3)O2)c1. The normalized spacial score (nSPS) is 20.7. The van der Waals surface area contributed by atoms with E-state index in [0.717, 1.165) is 25.7 Å².